The molecule has 0 spiro atoms. The SMILES string of the molecule is CNC(=O)c1c(OC)c2ccccc2n1CCN(C)C. The molecule has 0 aliphatic carbocycles. The van der Waals surface area contributed by atoms with Gasteiger partial charge in [-0.15, -0.1) is 0 Å². The Hall–Kier alpha value is -2.01. The van der Waals surface area contributed by atoms with Crippen molar-refractivity contribution in [1.29, 1.82) is 0 Å². The standard InChI is InChI=1S/C15H21N3O2/c1-16-15(19)13-14(20-4)11-7-5-6-8-12(11)18(13)10-9-17(2)3/h5-8H,9-10H2,1-4H3,(H,16,19). The van der Waals surface area contributed by atoms with Gasteiger partial charge in [-0.05, 0) is 26.2 Å². The molecule has 2 aromatic rings. The van der Waals surface area contributed by atoms with Gasteiger partial charge in [0.2, 0.25) is 0 Å². The molecule has 0 saturated heterocycles. The molecule has 0 aliphatic rings. The zero-order valence-corrected chi connectivity index (χ0v) is 12.4. The third-order valence-corrected chi connectivity index (χ3v) is 3.34. The van der Waals surface area contributed by atoms with E-state index in [4.69, 9.17) is 4.74 Å². The number of aromatic nitrogens is 1. The highest BCUT2D eigenvalue weighted by molar-refractivity contribution is 6.04. The Labute approximate surface area is 119 Å². The van der Waals surface area contributed by atoms with E-state index in [-0.39, 0.29) is 5.91 Å². The summed E-state index contributed by atoms with van der Waals surface area (Å²) in [4.78, 5) is 14.3. The number of benzene rings is 1. The van der Waals surface area contributed by atoms with Crippen LogP contribution in [0.1, 0.15) is 10.5 Å². The number of likely N-dealkylation sites (N-methyl/N-ethyl adjacent to an activating group) is 1. The second kappa shape index (κ2) is 5.96. The maximum atomic E-state index is 12.2. The van der Waals surface area contributed by atoms with Crippen molar-refractivity contribution in [3.05, 3.63) is 30.0 Å². The highest BCUT2D eigenvalue weighted by Crippen LogP contribution is 2.33. The fourth-order valence-corrected chi connectivity index (χ4v) is 2.35. The van der Waals surface area contributed by atoms with E-state index < -0.39 is 0 Å². The van der Waals surface area contributed by atoms with Crippen LogP contribution in [0.5, 0.6) is 5.75 Å². The number of amides is 1. The molecule has 108 valence electrons. The van der Waals surface area contributed by atoms with Crippen molar-refractivity contribution in [2.45, 2.75) is 6.54 Å². The zero-order valence-electron chi connectivity index (χ0n) is 12.4. The predicted octanol–water partition coefficient (Wildman–Crippen LogP) is 1.57. The van der Waals surface area contributed by atoms with Crippen molar-refractivity contribution >= 4 is 16.8 Å². The fourth-order valence-electron chi connectivity index (χ4n) is 2.35. The summed E-state index contributed by atoms with van der Waals surface area (Å²) in [5.41, 5.74) is 1.60. The molecule has 0 radical (unpaired) electrons. The van der Waals surface area contributed by atoms with Crippen LogP contribution in [0, 0.1) is 0 Å². The van der Waals surface area contributed by atoms with E-state index >= 15 is 0 Å². The number of ether oxygens (including phenoxy) is 1. The first kappa shape index (κ1) is 14.4. The van der Waals surface area contributed by atoms with E-state index in [2.05, 4.69) is 10.2 Å². The molecule has 0 bridgehead atoms. The number of hydrogen-bond acceptors (Lipinski definition) is 3. The zero-order chi connectivity index (χ0) is 14.7. The van der Waals surface area contributed by atoms with E-state index in [1.54, 1.807) is 14.2 Å². The Bertz CT molecular complexity index is 617. The molecule has 1 aromatic heterocycles. The van der Waals surface area contributed by atoms with E-state index in [0.717, 1.165) is 24.0 Å². The van der Waals surface area contributed by atoms with Gasteiger partial charge in [0.05, 0.1) is 12.6 Å². The summed E-state index contributed by atoms with van der Waals surface area (Å²) in [6.45, 7) is 1.59. The Kier molecular flexibility index (Phi) is 4.29. The highest BCUT2D eigenvalue weighted by Gasteiger charge is 2.22. The van der Waals surface area contributed by atoms with Crippen molar-refractivity contribution in [2.75, 3.05) is 34.8 Å². The lowest BCUT2D eigenvalue weighted by Gasteiger charge is -2.14. The van der Waals surface area contributed by atoms with E-state index in [1.807, 2.05) is 42.9 Å². The first-order valence-electron chi connectivity index (χ1n) is 6.62. The van der Waals surface area contributed by atoms with Gasteiger partial charge in [-0.1, -0.05) is 12.1 Å². The summed E-state index contributed by atoms with van der Waals surface area (Å²) in [7, 11) is 7.27. The molecular formula is C15H21N3O2. The first-order valence-corrected chi connectivity index (χ1v) is 6.62. The third kappa shape index (κ3) is 2.49. The van der Waals surface area contributed by atoms with Crippen LogP contribution in [-0.4, -0.2) is 50.2 Å². The van der Waals surface area contributed by atoms with E-state index in [1.165, 1.54) is 0 Å². The number of fused-ring (bicyclic) bond motifs is 1. The molecule has 0 fully saturated rings. The van der Waals surface area contributed by atoms with Gasteiger partial charge in [-0.3, -0.25) is 4.79 Å². The van der Waals surface area contributed by atoms with Crippen molar-refractivity contribution in [3.8, 4) is 5.75 Å². The molecular weight excluding hydrogens is 254 g/mol. The number of nitrogens with zero attached hydrogens (tertiary/aromatic N) is 2. The quantitative estimate of drug-likeness (QED) is 0.901. The molecule has 0 atom stereocenters. The minimum Gasteiger partial charge on any atom is -0.494 e. The molecule has 0 unspecified atom stereocenters. The number of methoxy groups -OCH3 is 1. The van der Waals surface area contributed by atoms with Crippen molar-refractivity contribution in [3.63, 3.8) is 0 Å². The molecule has 1 heterocycles. The average Bonchev–Trinajstić information content (AvgIpc) is 2.77. The van der Waals surface area contributed by atoms with Crippen LogP contribution in [0.4, 0.5) is 0 Å². The number of carbonyl (C=O) groups is 1. The normalized spacial score (nSPS) is 11.1. The van der Waals surface area contributed by atoms with Crippen LogP contribution >= 0.6 is 0 Å². The molecule has 1 aromatic carbocycles. The lowest BCUT2D eigenvalue weighted by molar-refractivity contribution is 0.0950. The molecule has 20 heavy (non-hydrogen) atoms. The lowest BCUT2D eigenvalue weighted by atomic mass is 10.2. The summed E-state index contributed by atoms with van der Waals surface area (Å²) < 4.78 is 7.49. The van der Waals surface area contributed by atoms with E-state index in [9.17, 15) is 4.79 Å². The van der Waals surface area contributed by atoms with Crippen LogP contribution in [0.2, 0.25) is 0 Å². The second-order valence-corrected chi connectivity index (χ2v) is 4.93. The lowest BCUT2D eigenvalue weighted by Crippen LogP contribution is -2.25. The molecule has 1 N–H and O–H groups in total. The fraction of sp³-hybridized carbons (Fsp3) is 0.400. The first-order chi connectivity index (χ1) is 9.60. The number of nitrogens with one attached hydrogen (secondary N) is 1. The van der Waals surface area contributed by atoms with Gasteiger partial charge in [0, 0.05) is 25.5 Å². The highest BCUT2D eigenvalue weighted by atomic mass is 16.5. The third-order valence-electron chi connectivity index (χ3n) is 3.34. The molecule has 5 heteroatoms. The monoisotopic (exact) mass is 275 g/mol. The smallest absolute Gasteiger partial charge is 0.271 e. The number of hydrogen-bond donors (Lipinski definition) is 1. The minimum absolute atomic E-state index is 0.128. The van der Waals surface area contributed by atoms with Crippen molar-refractivity contribution in [1.82, 2.24) is 14.8 Å². The van der Waals surface area contributed by atoms with Gasteiger partial charge < -0.3 is 19.5 Å². The molecule has 1 amide bonds. The largest absolute Gasteiger partial charge is 0.494 e. The van der Waals surface area contributed by atoms with Crippen LogP contribution in [0.15, 0.2) is 24.3 Å². The molecule has 0 saturated carbocycles. The van der Waals surface area contributed by atoms with Crippen LogP contribution in [0.3, 0.4) is 0 Å². The Morgan fingerprint density at radius 1 is 1.35 bits per heavy atom. The maximum Gasteiger partial charge on any atom is 0.271 e. The number of rotatable bonds is 5. The Balaban J connectivity index is 2.64. The van der Waals surface area contributed by atoms with Gasteiger partial charge >= 0.3 is 0 Å². The molecule has 5 nitrogen and oxygen atoms in total. The van der Waals surface area contributed by atoms with Gasteiger partial charge in [0.25, 0.3) is 5.91 Å². The maximum absolute atomic E-state index is 12.2. The van der Waals surface area contributed by atoms with Gasteiger partial charge in [0.15, 0.2) is 11.4 Å². The van der Waals surface area contributed by atoms with Crippen LogP contribution < -0.4 is 10.1 Å². The summed E-state index contributed by atoms with van der Waals surface area (Å²) >= 11 is 0. The predicted molar refractivity (Wildman–Crippen MR) is 80.4 cm³/mol. The van der Waals surface area contributed by atoms with Crippen molar-refractivity contribution in [2.24, 2.45) is 0 Å². The number of carbonyl (C=O) groups excluding carboxylic acids is 1. The van der Waals surface area contributed by atoms with Gasteiger partial charge in [0.1, 0.15) is 0 Å². The minimum atomic E-state index is -0.128. The second-order valence-electron chi connectivity index (χ2n) is 4.93. The van der Waals surface area contributed by atoms with Gasteiger partial charge in [-0.25, -0.2) is 0 Å². The van der Waals surface area contributed by atoms with Crippen molar-refractivity contribution < 1.29 is 9.53 Å². The topological polar surface area (TPSA) is 46.5 Å². The molecule has 0 aliphatic heterocycles. The van der Waals surface area contributed by atoms with E-state index in [0.29, 0.717) is 11.4 Å². The number of para-hydroxylation sites is 1. The summed E-state index contributed by atoms with van der Waals surface area (Å²) in [5, 5.41) is 3.66. The van der Waals surface area contributed by atoms with Gasteiger partial charge in [-0.2, -0.15) is 0 Å². The Morgan fingerprint density at radius 3 is 2.65 bits per heavy atom. The van der Waals surface area contributed by atoms with Crippen LogP contribution in [0.25, 0.3) is 10.9 Å². The summed E-state index contributed by atoms with van der Waals surface area (Å²) in [6.07, 6.45) is 0. The summed E-state index contributed by atoms with van der Waals surface area (Å²) in [5.74, 6) is 0.510. The average molecular weight is 275 g/mol. The van der Waals surface area contributed by atoms with Crippen LogP contribution in [-0.2, 0) is 6.54 Å². The molecule has 2 rings (SSSR count). The Morgan fingerprint density at radius 2 is 2.05 bits per heavy atom. The summed E-state index contributed by atoms with van der Waals surface area (Å²) in [6, 6.07) is 7.92.